The molecule has 0 radical (unpaired) electrons. The Kier molecular flexibility index (Phi) is 3.09. The average Bonchev–Trinajstić information content (AvgIpc) is 3.11. The van der Waals surface area contributed by atoms with Gasteiger partial charge in [0.05, 0.1) is 11.5 Å². The quantitative estimate of drug-likeness (QED) is 0.743. The average molecular weight is 248 g/mol. The Balaban J connectivity index is 2.11. The maximum absolute atomic E-state index is 11.4. The molecule has 1 amide bonds. The number of nitrogens with two attached hydrogens (primary N) is 1. The molecule has 1 aromatic rings. The molecule has 18 heavy (non-hydrogen) atoms. The summed E-state index contributed by atoms with van der Waals surface area (Å²) in [5.41, 5.74) is 6.15. The summed E-state index contributed by atoms with van der Waals surface area (Å²) >= 11 is 0. The first-order valence-electron chi connectivity index (χ1n) is 5.86. The van der Waals surface area contributed by atoms with E-state index in [1.165, 1.54) is 0 Å². The number of carbonyl (C=O) groups excluding carboxylic acids is 1. The summed E-state index contributed by atoms with van der Waals surface area (Å²) in [4.78, 5) is 22.5. The van der Waals surface area contributed by atoms with Crippen molar-refractivity contribution >= 4 is 17.6 Å². The number of carboxylic acid groups (broad SMARTS) is 1. The number of benzene rings is 1. The Morgan fingerprint density at radius 3 is 2.28 bits per heavy atom. The second kappa shape index (κ2) is 4.42. The minimum absolute atomic E-state index is 0.262. The van der Waals surface area contributed by atoms with Crippen LogP contribution >= 0.6 is 0 Å². The molecule has 0 saturated heterocycles. The zero-order valence-corrected chi connectivity index (χ0v) is 10.1. The van der Waals surface area contributed by atoms with Crippen molar-refractivity contribution in [3.8, 4) is 0 Å². The van der Waals surface area contributed by atoms with Crippen molar-refractivity contribution in [2.45, 2.75) is 31.2 Å². The number of hydrogen-bond acceptors (Lipinski definition) is 3. The molecule has 5 nitrogen and oxygen atoms in total. The van der Waals surface area contributed by atoms with E-state index < -0.39 is 17.4 Å². The fraction of sp³-hybridized carbons (Fsp3) is 0.385. The molecule has 0 spiro atoms. The lowest BCUT2D eigenvalue weighted by Crippen LogP contribution is -2.32. The first-order chi connectivity index (χ1) is 8.45. The van der Waals surface area contributed by atoms with Gasteiger partial charge < -0.3 is 16.2 Å². The van der Waals surface area contributed by atoms with Crippen LogP contribution < -0.4 is 11.1 Å². The molecule has 5 heteroatoms. The van der Waals surface area contributed by atoms with Gasteiger partial charge >= 0.3 is 5.97 Å². The van der Waals surface area contributed by atoms with Crippen molar-refractivity contribution in [1.82, 2.24) is 0 Å². The molecule has 1 fully saturated rings. The van der Waals surface area contributed by atoms with Crippen LogP contribution in [0.5, 0.6) is 0 Å². The summed E-state index contributed by atoms with van der Waals surface area (Å²) in [6, 6.07) is 6.34. The number of hydrogen-bond donors (Lipinski definition) is 3. The van der Waals surface area contributed by atoms with Crippen LogP contribution in [0, 0.1) is 0 Å². The van der Waals surface area contributed by atoms with E-state index in [1.807, 2.05) is 0 Å². The normalized spacial score (nSPS) is 17.9. The molecule has 1 saturated carbocycles. The van der Waals surface area contributed by atoms with Crippen LogP contribution in [0.2, 0.25) is 0 Å². The molecule has 4 N–H and O–H groups in total. The Labute approximate surface area is 105 Å². The van der Waals surface area contributed by atoms with Gasteiger partial charge in [0.2, 0.25) is 5.91 Å². The lowest BCUT2D eigenvalue weighted by Gasteiger charge is -2.12. The molecule has 0 aromatic heterocycles. The molecular weight excluding hydrogens is 232 g/mol. The first kappa shape index (κ1) is 12.6. The summed E-state index contributed by atoms with van der Waals surface area (Å²) in [7, 11) is 0. The van der Waals surface area contributed by atoms with Crippen molar-refractivity contribution in [2.75, 3.05) is 5.32 Å². The van der Waals surface area contributed by atoms with Crippen LogP contribution in [0.3, 0.4) is 0 Å². The minimum Gasteiger partial charge on any atom is -0.481 e. The number of carbonyl (C=O) groups is 2. The molecule has 0 heterocycles. The summed E-state index contributed by atoms with van der Waals surface area (Å²) < 4.78 is 0. The predicted octanol–water partition coefficient (Wildman–Crippen LogP) is 1.09. The molecule has 0 aliphatic heterocycles. The summed E-state index contributed by atoms with van der Waals surface area (Å²) in [5.74, 6) is -1.04. The summed E-state index contributed by atoms with van der Waals surface area (Å²) in [6.07, 6.45) is 1.35. The van der Waals surface area contributed by atoms with E-state index in [0.29, 0.717) is 18.5 Å². The molecule has 0 bridgehead atoms. The lowest BCUT2D eigenvalue weighted by atomic mass is 9.96. The third-order valence-corrected chi connectivity index (χ3v) is 3.28. The topological polar surface area (TPSA) is 92.4 Å². The Hall–Kier alpha value is -1.88. The van der Waals surface area contributed by atoms with Gasteiger partial charge in [-0.15, -0.1) is 0 Å². The van der Waals surface area contributed by atoms with Crippen molar-refractivity contribution in [1.29, 1.82) is 0 Å². The third kappa shape index (κ3) is 2.22. The van der Waals surface area contributed by atoms with Crippen LogP contribution in [-0.4, -0.2) is 23.0 Å². The Bertz CT molecular complexity index is 476. The standard InChI is InChI=1S/C13H16N2O3/c1-8(14)11(16)15-10-4-2-9(3-5-10)13(6-7-13)12(17)18/h2-5,8H,6-7,14H2,1H3,(H,15,16)(H,17,18)/t8-/m0/s1. The van der Waals surface area contributed by atoms with E-state index in [1.54, 1.807) is 31.2 Å². The fourth-order valence-electron chi connectivity index (χ4n) is 1.88. The van der Waals surface area contributed by atoms with Crippen LogP contribution in [0.15, 0.2) is 24.3 Å². The van der Waals surface area contributed by atoms with Gasteiger partial charge in [-0.2, -0.15) is 0 Å². The van der Waals surface area contributed by atoms with Crippen LogP contribution in [0.25, 0.3) is 0 Å². The van der Waals surface area contributed by atoms with Gasteiger partial charge in [-0.3, -0.25) is 9.59 Å². The van der Waals surface area contributed by atoms with E-state index >= 15 is 0 Å². The van der Waals surface area contributed by atoms with Gasteiger partial charge in [-0.25, -0.2) is 0 Å². The highest BCUT2D eigenvalue weighted by molar-refractivity contribution is 5.94. The lowest BCUT2D eigenvalue weighted by molar-refractivity contribution is -0.140. The van der Waals surface area contributed by atoms with Crippen molar-refractivity contribution in [2.24, 2.45) is 5.73 Å². The molecule has 1 atom stereocenters. The monoisotopic (exact) mass is 248 g/mol. The maximum Gasteiger partial charge on any atom is 0.314 e. The molecular formula is C13H16N2O3. The number of amides is 1. The molecule has 96 valence electrons. The molecule has 2 rings (SSSR count). The van der Waals surface area contributed by atoms with Crippen LogP contribution in [0.4, 0.5) is 5.69 Å². The van der Waals surface area contributed by atoms with Crippen molar-refractivity contribution in [3.63, 3.8) is 0 Å². The number of nitrogens with one attached hydrogen (secondary N) is 1. The van der Waals surface area contributed by atoms with E-state index in [0.717, 1.165) is 5.56 Å². The van der Waals surface area contributed by atoms with E-state index in [-0.39, 0.29) is 5.91 Å². The molecule has 1 aliphatic carbocycles. The van der Waals surface area contributed by atoms with Gasteiger partial charge in [0, 0.05) is 5.69 Å². The van der Waals surface area contributed by atoms with Gasteiger partial charge in [-0.1, -0.05) is 12.1 Å². The van der Waals surface area contributed by atoms with Gasteiger partial charge in [0.25, 0.3) is 0 Å². The highest BCUT2D eigenvalue weighted by Crippen LogP contribution is 2.48. The SMILES string of the molecule is C[C@H](N)C(=O)Nc1ccc(C2(C(=O)O)CC2)cc1. The largest absolute Gasteiger partial charge is 0.481 e. The third-order valence-electron chi connectivity index (χ3n) is 3.28. The highest BCUT2D eigenvalue weighted by atomic mass is 16.4. The maximum atomic E-state index is 11.4. The Morgan fingerprint density at radius 2 is 1.89 bits per heavy atom. The van der Waals surface area contributed by atoms with Gasteiger partial charge in [-0.05, 0) is 37.5 Å². The van der Waals surface area contributed by atoms with Crippen molar-refractivity contribution < 1.29 is 14.7 Å². The second-order valence-corrected chi connectivity index (χ2v) is 4.74. The molecule has 1 aromatic carbocycles. The van der Waals surface area contributed by atoms with Crippen molar-refractivity contribution in [3.05, 3.63) is 29.8 Å². The van der Waals surface area contributed by atoms with E-state index in [9.17, 15) is 9.59 Å². The zero-order chi connectivity index (χ0) is 13.3. The molecule has 0 unspecified atom stereocenters. The molecule has 1 aliphatic rings. The number of anilines is 1. The van der Waals surface area contributed by atoms with Gasteiger partial charge in [0.1, 0.15) is 0 Å². The zero-order valence-electron chi connectivity index (χ0n) is 10.1. The second-order valence-electron chi connectivity index (χ2n) is 4.74. The number of aliphatic carboxylic acids is 1. The number of rotatable bonds is 4. The minimum atomic E-state index is -0.783. The highest BCUT2D eigenvalue weighted by Gasteiger charge is 2.51. The smallest absolute Gasteiger partial charge is 0.314 e. The Morgan fingerprint density at radius 1 is 1.33 bits per heavy atom. The van der Waals surface area contributed by atoms with Gasteiger partial charge in [0.15, 0.2) is 0 Å². The van der Waals surface area contributed by atoms with E-state index in [2.05, 4.69) is 5.32 Å². The van der Waals surface area contributed by atoms with Crippen LogP contribution in [0.1, 0.15) is 25.3 Å². The summed E-state index contributed by atoms with van der Waals surface area (Å²) in [5, 5.41) is 11.8. The fourth-order valence-corrected chi connectivity index (χ4v) is 1.88. The first-order valence-corrected chi connectivity index (χ1v) is 5.86. The van der Waals surface area contributed by atoms with E-state index in [4.69, 9.17) is 10.8 Å². The van der Waals surface area contributed by atoms with Crippen LogP contribution in [-0.2, 0) is 15.0 Å². The number of carboxylic acids is 1. The predicted molar refractivity (Wildman–Crippen MR) is 67.3 cm³/mol. The summed E-state index contributed by atoms with van der Waals surface area (Å²) in [6.45, 7) is 1.60.